The first-order valence-electron chi connectivity index (χ1n) is 29.8. The zero-order valence-electron chi connectivity index (χ0n) is 54.4. The number of aliphatic carboxylic acids is 2. The van der Waals surface area contributed by atoms with Crippen molar-refractivity contribution in [3.05, 3.63) is 59.7 Å². The molecule has 0 saturated carbocycles. The lowest BCUT2D eigenvalue weighted by Gasteiger charge is -2.30. The summed E-state index contributed by atoms with van der Waals surface area (Å²) in [7, 11) is 6.58. The molecule has 22 heteroatoms. The molecule has 0 spiro atoms. The number of aliphatic hydroxyl groups is 2. The number of methoxy groups -OCH3 is 4. The Bertz CT molecular complexity index is 2200. The van der Waals surface area contributed by atoms with E-state index in [1.807, 2.05) is 64.1 Å². The van der Waals surface area contributed by atoms with Crippen LogP contribution in [0.2, 0.25) is 0 Å². The molecule has 0 aliphatic carbocycles. The van der Waals surface area contributed by atoms with Crippen LogP contribution in [0, 0.1) is 58.2 Å². The molecule has 0 aromatic heterocycles. The van der Waals surface area contributed by atoms with Crippen LogP contribution in [0.25, 0.3) is 0 Å². The number of aliphatic hydroxyl groups excluding tert-OH is 2. The molecule has 2 rings (SSSR count). The number of amides is 4. The fraction of sp³-hybridized carbons (Fsp3) is 0.688. The number of benzene rings is 2. The monoisotopic (exact) mass is 1220 g/mol. The predicted molar refractivity (Wildman–Crippen MR) is 333 cm³/mol. The standard InChI is InChI=1S/2C30H53N3O6.C4H4O4/c2*1-19(2)22(14-21-10-11-26(38-8)27(15-21)39-13-9-12-37-7)16-24(31)25(34)17-23(20(3)4)28(35)33-18-30(5,6)29(32)36;5-3(6)1-2-4(7)8/h2*10-11,15,19-20,22-25,34H,9,12-14,16-18,31H2,1-8H3,(H2,32,36)(H,33,35);1-2H,(H,5,6)(H,7,8). The second-order valence-electron chi connectivity index (χ2n) is 24.8. The predicted octanol–water partition coefficient (Wildman–Crippen LogP) is 6.30. The Morgan fingerprint density at radius 1 is 0.512 bits per heavy atom. The van der Waals surface area contributed by atoms with Gasteiger partial charge >= 0.3 is 11.9 Å². The SMILES string of the molecule is COCCCOc1cc(CC(CC(N)C(O)CC(C(=O)NCC(C)(C)C(N)=O)C(C)C)C(C)C)ccc1OC.COCCCOc1cc(CC(CC(N)C(O)CC(C(=O)NCC(C)(C)C(N)=O)C(C)C)C(C)C)ccc1OC.O=C(O)C=CC(=O)O. The van der Waals surface area contributed by atoms with Gasteiger partial charge in [0.2, 0.25) is 23.6 Å². The lowest BCUT2D eigenvalue weighted by atomic mass is 9.80. The number of carboxylic acid groups (broad SMARTS) is 2. The molecule has 8 atom stereocenters. The Hall–Kier alpha value is -6.04. The molecule has 14 N–H and O–H groups in total. The molecular weight excluding hydrogens is 1110 g/mol. The molecule has 0 saturated heterocycles. The minimum absolute atomic E-state index is 0.00829. The van der Waals surface area contributed by atoms with Crippen molar-refractivity contribution in [3.8, 4) is 23.0 Å². The summed E-state index contributed by atoms with van der Waals surface area (Å²) >= 11 is 0. The van der Waals surface area contributed by atoms with Gasteiger partial charge in [0.1, 0.15) is 0 Å². The minimum atomic E-state index is -1.26. The molecular formula is C64H110N6O16. The van der Waals surface area contributed by atoms with Crippen LogP contribution in [0.5, 0.6) is 23.0 Å². The van der Waals surface area contributed by atoms with Crippen molar-refractivity contribution in [1.82, 2.24) is 10.6 Å². The zero-order chi connectivity index (χ0) is 66.1. The Morgan fingerprint density at radius 3 is 1.09 bits per heavy atom. The quantitative estimate of drug-likeness (QED) is 0.0258. The van der Waals surface area contributed by atoms with Gasteiger partial charge in [-0.25, -0.2) is 9.59 Å². The number of carbonyl (C=O) groups is 6. The van der Waals surface area contributed by atoms with Gasteiger partial charge in [-0.1, -0.05) is 67.5 Å². The Labute approximate surface area is 512 Å². The van der Waals surface area contributed by atoms with E-state index in [-0.39, 0.29) is 61.4 Å². The highest BCUT2D eigenvalue weighted by molar-refractivity contribution is 5.89. The van der Waals surface area contributed by atoms with Gasteiger partial charge in [-0.15, -0.1) is 0 Å². The van der Waals surface area contributed by atoms with E-state index in [1.165, 1.54) is 0 Å². The summed E-state index contributed by atoms with van der Waals surface area (Å²) in [4.78, 5) is 68.2. The van der Waals surface area contributed by atoms with E-state index in [0.717, 1.165) is 36.8 Å². The van der Waals surface area contributed by atoms with E-state index < -0.39 is 70.7 Å². The van der Waals surface area contributed by atoms with Gasteiger partial charge in [0, 0.05) is 89.4 Å². The van der Waals surface area contributed by atoms with Gasteiger partial charge in [0.05, 0.1) is 50.5 Å². The van der Waals surface area contributed by atoms with E-state index in [0.29, 0.717) is 86.3 Å². The summed E-state index contributed by atoms with van der Waals surface area (Å²) in [6.45, 7) is 25.7. The van der Waals surface area contributed by atoms with Crippen LogP contribution in [0.4, 0.5) is 0 Å². The number of ether oxygens (including phenoxy) is 6. The van der Waals surface area contributed by atoms with E-state index in [2.05, 4.69) is 38.3 Å². The number of hydrogen-bond donors (Lipinski definition) is 10. The first kappa shape index (κ1) is 80.0. The highest BCUT2D eigenvalue weighted by Crippen LogP contribution is 2.34. The molecule has 2 aromatic rings. The second-order valence-corrected chi connectivity index (χ2v) is 24.8. The van der Waals surface area contributed by atoms with Gasteiger partial charge in [-0.2, -0.15) is 0 Å². The number of rotatable bonds is 40. The molecule has 0 aliphatic heterocycles. The Morgan fingerprint density at radius 2 is 0.837 bits per heavy atom. The van der Waals surface area contributed by atoms with E-state index in [4.69, 9.17) is 61.6 Å². The van der Waals surface area contributed by atoms with E-state index in [9.17, 15) is 39.0 Å². The van der Waals surface area contributed by atoms with Crippen molar-refractivity contribution in [3.63, 3.8) is 0 Å². The van der Waals surface area contributed by atoms with Crippen LogP contribution in [0.3, 0.4) is 0 Å². The molecule has 0 heterocycles. The summed E-state index contributed by atoms with van der Waals surface area (Å²) in [5.41, 5.74) is 24.4. The maximum Gasteiger partial charge on any atom is 0.328 e. The molecule has 492 valence electrons. The summed E-state index contributed by atoms with van der Waals surface area (Å²) in [6.07, 6.45) is 4.24. The topological polar surface area (TPSA) is 367 Å². The largest absolute Gasteiger partial charge is 0.493 e. The number of carbonyl (C=O) groups excluding carboxylic acids is 4. The number of primary amides is 2. The molecule has 8 unspecified atom stereocenters. The van der Waals surface area contributed by atoms with Crippen molar-refractivity contribution in [1.29, 1.82) is 0 Å². The molecule has 0 bridgehead atoms. The third-order valence-corrected chi connectivity index (χ3v) is 15.4. The van der Waals surface area contributed by atoms with E-state index in [1.54, 1.807) is 56.1 Å². The highest BCUT2D eigenvalue weighted by Gasteiger charge is 2.34. The third-order valence-electron chi connectivity index (χ3n) is 15.4. The maximum atomic E-state index is 12.9. The van der Waals surface area contributed by atoms with Crippen molar-refractivity contribution >= 4 is 35.6 Å². The van der Waals surface area contributed by atoms with Crippen molar-refractivity contribution in [2.45, 2.75) is 159 Å². The summed E-state index contributed by atoms with van der Waals surface area (Å²) in [5.74, 6) is -0.929. The lowest BCUT2D eigenvalue weighted by molar-refractivity contribution is -0.134. The van der Waals surface area contributed by atoms with Crippen LogP contribution < -0.4 is 52.5 Å². The maximum absolute atomic E-state index is 12.9. The number of carboxylic acids is 2. The summed E-state index contributed by atoms with van der Waals surface area (Å²) < 4.78 is 33.0. The van der Waals surface area contributed by atoms with Crippen molar-refractivity contribution in [2.24, 2.45) is 81.1 Å². The van der Waals surface area contributed by atoms with Crippen LogP contribution in [0.15, 0.2) is 48.6 Å². The second kappa shape index (κ2) is 41.2. The molecule has 86 heavy (non-hydrogen) atoms. The van der Waals surface area contributed by atoms with Crippen LogP contribution in [-0.2, 0) is 51.1 Å². The normalized spacial score (nSPS) is 14.6. The Balaban J connectivity index is 0.00000149. The Kier molecular flexibility index (Phi) is 38.3. The first-order chi connectivity index (χ1) is 40.1. The summed E-state index contributed by atoms with van der Waals surface area (Å²) in [6, 6.07) is 10.9. The third kappa shape index (κ3) is 31.6. The average molecular weight is 1220 g/mol. The minimum Gasteiger partial charge on any atom is -0.493 e. The molecule has 0 fully saturated rings. The summed E-state index contributed by atoms with van der Waals surface area (Å²) in [5, 5.41) is 43.4. The van der Waals surface area contributed by atoms with Gasteiger partial charge in [0.25, 0.3) is 0 Å². The van der Waals surface area contributed by atoms with Crippen molar-refractivity contribution < 1.29 is 77.6 Å². The van der Waals surface area contributed by atoms with Crippen LogP contribution >= 0.6 is 0 Å². The fourth-order valence-electron chi connectivity index (χ4n) is 8.92. The highest BCUT2D eigenvalue weighted by atomic mass is 16.5. The molecule has 2 aromatic carbocycles. The number of nitrogens with two attached hydrogens (primary N) is 4. The van der Waals surface area contributed by atoms with Gasteiger partial charge in [0.15, 0.2) is 23.0 Å². The van der Waals surface area contributed by atoms with Gasteiger partial charge in [-0.3, -0.25) is 19.2 Å². The molecule has 0 aliphatic rings. The number of hydrogen-bond acceptors (Lipinski definition) is 16. The smallest absolute Gasteiger partial charge is 0.328 e. The number of nitrogens with one attached hydrogen (secondary N) is 2. The van der Waals surface area contributed by atoms with Gasteiger partial charge in [-0.05, 0) is 137 Å². The van der Waals surface area contributed by atoms with Crippen LogP contribution in [0.1, 0.15) is 133 Å². The van der Waals surface area contributed by atoms with Crippen molar-refractivity contribution in [2.75, 3.05) is 68.0 Å². The van der Waals surface area contributed by atoms with Crippen LogP contribution in [-0.4, -0.2) is 148 Å². The molecule has 0 radical (unpaired) electrons. The fourth-order valence-corrected chi connectivity index (χ4v) is 8.92. The molecule has 4 amide bonds. The zero-order valence-corrected chi connectivity index (χ0v) is 54.4. The van der Waals surface area contributed by atoms with Gasteiger partial charge < -0.3 is 82.4 Å². The van der Waals surface area contributed by atoms with E-state index >= 15 is 0 Å². The molecule has 22 nitrogen and oxygen atoms in total. The average Bonchev–Trinajstić information content (AvgIpc) is 2.92. The lowest BCUT2D eigenvalue weighted by Crippen LogP contribution is -2.46. The first-order valence-corrected chi connectivity index (χ1v) is 29.8.